The maximum Gasteiger partial charge on any atom is 0.0126 e. The summed E-state index contributed by atoms with van der Waals surface area (Å²) in [6, 6.07) is 1.71. The summed E-state index contributed by atoms with van der Waals surface area (Å²) in [5.74, 6) is 3.10. The van der Waals surface area contributed by atoms with E-state index >= 15 is 0 Å². The molecule has 3 aliphatic rings. The van der Waals surface area contributed by atoms with Gasteiger partial charge in [0, 0.05) is 12.1 Å². The van der Waals surface area contributed by atoms with Gasteiger partial charge in [-0.3, -0.25) is 0 Å². The maximum absolute atomic E-state index is 3.94. The molecule has 80 valence electrons. The summed E-state index contributed by atoms with van der Waals surface area (Å²) in [6.45, 7) is 2.41. The molecule has 0 aromatic heterocycles. The van der Waals surface area contributed by atoms with Crippen molar-refractivity contribution in [2.24, 2.45) is 17.8 Å². The average molecular weight is 193 g/mol. The standard InChI is InChI=1S/C13H23N/c1-9(10-5-6-10)14-13-11-3-2-4-12(13)8-7-11/h9-14H,2-8H2,1H3. The van der Waals surface area contributed by atoms with Crippen molar-refractivity contribution in [2.45, 2.75) is 64.0 Å². The summed E-state index contributed by atoms with van der Waals surface area (Å²) >= 11 is 0. The lowest BCUT2D eigenvalue weighted by atomic mass is 9.83. The Morgan fingerprint density at radius 1 is 0.929 bits per heavy atom. The third-order valence-corrected chi connectivity index (χ3v) is 4.86. The smallest absolute Gasteiger partial charge is 0.0126 e. The van der Waals surface area contributed by atoms with Crippen LogP contribution >= 0.6 is 0 Å². The summed E-state index contributed by atoms with van der Waals surface area (Å²) in [5.41, 5.74) is 0. The van der Waals surface area contributed by atoms with E-state index in [9.17, 15) is 0 Å². The molecular formula is C13H23N. The van der Waals surface area contributed by atoms with Crippen LogP contribution in [0.15, 0.2) is 0 Å². The van der Waals surface area contributed by atoms with Gasteiger partial charge < -0.3 is 5.32 Å². The predicted octanol–water partition coefficient (Wildman–Crippen LogP) is 2.95. The largest absolute Gasteiger partial charge is 0.311 e. The molecule has 0 aliphatic heterocycles. The zero-order valence-corrected chi connectivity index (χ0v) is 9.34. The quantitative estimate of drug-likeness (QED) is 0.726. The Hall–Kier alpha value is -0.0400. The van der Waals surface area contributed by atoms with Gasteiger partial charge in [-0.1, -0.05) is 6.42 Å². The van der Waals surface area contributed by atoms with Gasteiger partial charge in [0.1, 0.15) is 0 Å². The van der Waals surface area contributed by atoms with Crippen molar-refractivity contribution in [3.63, 3.8) is 0 Å². The monoisotopic (exact) mass is 193 g/mol. The summed E-state index contributed by atoms with van der Waals surface area (Å²) in [6.07, 6.45) is 10.5. The molecule has 3 aliphatic carbocycles. The van der Waals surface area contributed by atoms with E-state index in [4.69, 9.17) is 0 Å². The number of fused-ring (bicyclic) bond motifs is 2. The number of rotatable bonds is 3. The Balaban J connectivity index is 1.60. The predicted molar refractivity (Wildman–Crippen MR) is 59.2 cm³/mol. The summed E-state index contributed by atoms with van der Waals surface area (Å²) in [4.78, 5) is 0. The van der Waals surface area contributed by atoms with Gasteiger partial charge in [-0.05, 0) is 63.2 Å². The molecule has 3 rings (SSSR count). The van der Waals surface area contributed by atoms with Gasteiger partial charge in [-0.25, -0.2) is 0 Å². The molecule has 1 N–H and O–H groups in total. The van der Waals surface area contributed by atoms with Gasteiger partial charge in [-0.15, -0.1) is 0 Å². The van der Waals surface area contributed by atoms with Crippen LogP contribution in [0.2, 0.25) is 0 Å². The first-order valence-corrected chi connectivity index (χ1v) is 6.60. The highest BCUT2D eigenvalue weighted by Gasteiger charge is 2.40. The van der Waals surface area contributed by atoms with Crippen molar-refractivity contribution in [3.05, 3.63) is 0 Å². The van der Waals surface area contributed by atoms with E-state index < -0.39 is 0 Å². The van der Waals surface area contributed by atoms with Gasteiger partial charge >= 0.3 is 0 Å². The molecule has 0 aromatic carbocycles. The lowest BCUT2D eigenvalue weighted by Gasteiger charge is -2.33. The molecule has 3 fully saturated rings. The van der Waals surface area contributed by atoms with Crippen LogP contribution in [0.5, 0.6) is 0 Å². The van der Waals surface area contributed by atoms with Crippen LogP contribution in [0.4, 0.5) is 0 Å². The zero-order chi connectivity index (χ0) is 9.54. The highest BCUT2D eigenvalue weighted by Crippen LogP contribution is 2.43. The lowest BCUT2D eigenvalue weighted by molar-refractivity contribution is 0.232. The highest BCUT2D eigenvalue weighted by atomic mass is 15.0. The third-order valence-electron chi connectivity index (χ3n) is 4.86. The average Bonchev–Trinajstić information content (AvgIpc) is 3.00. The van der Waals surface area contributed by atoms with Crippen LogP contribution < -0.4 is 5.32 Å². The molecule has 1 nitrogen and oxygen atoms in total. The molecule has 3 atom stereocenters. The van der Waals surface area contributed by atoms with Crippen molar-refractivity contribution in [2.75, 3.05) is 0 Å². The van der Waals surface area contributed by atoms with Crippen molar-refractivity contribution in [1.29, 1.82) is 0 Å². The molecule has 2 bridgehead atoms. The van der Waals surface area contributed by atoms with Crippen molar-refractivity contribution < 1.29 is 0 Å². The Morgan fingerprint density at radius 3 is 2.14 bits per heavy atom. The molecule has 14 heavy (non-hydrogen) atoms. The molecule has 1 heteroatoms. The summed E-state index contributed by atoms with van der Waals surface area (Å²) < 4.78 is 0. The first-order valence-electron chi connectivity index (χ1n) is 6.60. The Morgan fingerprint density at radius 2 is 1.57 bits per heavy atom. The first kappa shape index (κ1) is 9.21. The van der Waals surface area contributed by atoms with Crippen LogP contribution in [0.25, 0.3) is 0 Å². The van der Waals surface area contributed by atoms with Gasteiger partial charge in [0.15, 0.2) is 0 Å². The van der Waals surface area contributed by atoms with E-state index in [-0.39, 0.29) is 0 Å². The zero-order valence-electron chi connectivity index (χ0n) is 9.34. The second kappa shape index (κ2) is 3.52. The van der Waals surface area contributed by atoms with E-state index in [0.29, 0.717) is 0 Å². The Bertz CT molecular complexity index is 193. The molecule has 0 aromatic rings. The topological polar surface area (TPSA) is 12.0 Å². The highest BCUT2D eigenvalue weighted by molar-refractivity contribution is 4.96. The second-order valence-electron chi connectivity index (χ2n) is 5.85. The molecule has 0 saturated heterocycles. The fraction of sp³-hybridized carbons (Fsp3) is 1.00. The van der Waals surface area contributed by atoms with Gasteiger partial charge in [0.25, 0.3) is 0 Å². The first-order chi connectivity index (χ1) is 6.84. The molecule has 3 unspecified atom stereocenters. The fourth-order valence-electron chi connectivity index (χ4n) is 3.77. The fourth-order valence-corrected chi connectivity index (χ4v) is 3.77. The number of nitrogens with one attached hydrogen (secondary N) is 1. The van der Waals surface area contributed by atoms with Gasteiger partial charge in [0.05, 0.1) is 0 Å². The summed E-state index contributed by atoms with van der Waals surface area (Å²) in [7, 11) is 0. The van der Waals surface area contributed by atoms with Crippen LogP contribution in [-0.2, 0) is 0 Å². The van der Waals surface area contributed by atoms with Gasteiger partial charge in [0.2, 0.25) is 0 Å². The molecular weight excluding hydrogens is 170 g/mol. The van der Waals surface area contributed by atoms with Crippen molar-refractivity contribution in [3.8, 4) is 0 Å². The van der Waals surface area contributed by atoms with Crippen LogP contribution in [0.1, 0.15) is 51.9 Å². The Kier molecular flexibility index (Phi) is 2.31. The van der Waals surface area contributed by atoms with Gasteiger partial charge in [-0.2, -0.15) is 0 Å². The van der Waals surface area contributed by atoms with Crippen LogP contribution in [0.3, 0.4) is 0 Å². The van der Waals surface area contributed by atoms with E-state index in [2.05, 4.69) is 12.2 Å². The molecule has 0 heterocycles. The number of hydrogen-bond donors (Lipinski definition) is 1. The SMILES string of the molecule is CC(NC1C2CCCC1CC2)C1CC1. The van der Waals surface area contributed by atoms with Crippen LogP contribution in [0, 0.1) is 17.8 Å². The lowest BCUT2D eigenvalue weighted by Crippen LogP contribution is -2.45. The molecule has 0 amide bonds. The Labute approximate surface area is 87.7 Å². The van der Waals surface area contributed by atoms with E-state index in [1.165, 1.54) is 44.9 Å². The summed E-state index contributed by atoms with van der Waals surface area (Å²) in [5, 5.41) is 3.94. The minimum Gasteiger partial charge on any atom is -0.311 e. The third kappa shape index (κ3) is 1.60. The molecule has 0 spiro atoms. The maximum atomic E-state index is 3.94. The van der Waals surface area contributed by atoms with E-state index in [1.54, 1.807) is 0 Å². The minimum absolute atomic E-state index is 0.807. The van der Waals surface area contributed by atoms with E-state index in [0.717, 1.165) is 29.8 Å². The molecule has 3 saturated carbocycles. The normalized spacial score (nSPS) is 43.9. The second-order valence-corrected chi connectivity index (χ2v) is 5.85. The minimum atomic E-state index is 0.807. The molecule has 0 radical (unpaired) electrons. The van der Waals surface area contributed by atoms with Crippen molar-refractivity contribution >= 4 is 0 Å². The van der Waals surface area contributed by atoms with Crippen LogP contribution in [-0.4, -0.2) is 12.1 Å². The van der Waals surface area contributed by atoms with E-state index in [1.807, 2.05) is 0 Å². The van der Waals surface area contributed by atoms with Crippen molar-refractivity contribution in [1.82, 2.24) is 5.32 Å². The number of hydrogen-bond acceptors (Lipinski definition) is 1.